The Kier molecular flexibility index (Phi) is 5.79. The molecule has 0 fully saturated rings. The average Bonchev–Trinajstić information content (AvgIpc) is 2.42. The van der Waals surface area contributed by atoms with Gasteiger partial charge in [0.25, 0.3) is 0 Å². The fourth-order valence-corrected chi connectivity index (χ4v) is 2.60. The second kappa shape index (κ2) is 7.61. The van der Waals surface area contributed by atoms with Crippen LogP contribution in [0.15, 0.2) is 40.9 Å². The van der Waals surface area contributed by atoms with Gasteiger partial charge in [-0.05, 0) is 46.7 Å². The van der Waals surface area contributed by atoms with Crippen LogP contribution in [0.1, 0.15) is 5.56 Å². The first-order valence-electron chi connectivity index (χ1n) is 6.72. The minimum absolute atomic E-state index is 0.0280. The van der Waals surface area contributed by atoms with Crippen LogP contribution < -0.4 is 5.32 Å². The van der Waals surface area contributed by atoms with Crippen LogP contribution in [-0.2, 0) is 11.3 Å². The number of likely N-dealkylation sites (N-methyl/N-ethyl adjacent to an activating group) is 1. The number of halogens is 4. The summed E-state index contributed by atoms with van der Waals surface area (Å²) in [5.41, 5.74) is 0.602. The number of rotatable bonds is 5. The van der Waals surface area contributed by atoms with E-state index in [9.17, 15) is 18.0 Å². The molecule has 0 atom stereocenters. The highest BCUT2D eigenvalue weighted by Crippen LogP contribution is 2.26. The highest BCUT2D eigenvalue weighted by molar-refractivity contribution is 9.10. The van der Waals surface area contributed by atoms with Crippen LogP contribution in [0.3, 0.4) is 0 Å². The summed E-state index contributed by atoms with van der Waals surface area (Å²) in [6.45, 7) is 0.331. The number of carbonyl (C=O) groups excluding carboxylic acids is 1. The van der Waals surface area contributed by atoms with Crippen molar-refractivity contribution in [2.45, 2.75) is 6.54 Å². The lowest BCUT2D eigenvalue weighted by Crippen LogP contribution is -2.30. The topological polar surface area (TPSA) is 32.3 Å². The first kappa shape index (κ1) is 17.5. The lowest BCUT2D eigenvalue weighted by atomic mass is 10.2. The van der Waals surface area contributed by atoms with Crippen LogP contribution in [-0.4, -0.2) is 24.4 Å². The molecular weight excluding hydrogens is 373 g/mol. The van der Waals surface area contributed by atoms with E-state index < -0.39 is 17.5 Å². The molecule has 0 spiro atoms. The first-order chi connectivity index (χ1) is 10.8. The van der Waals surface area contributed by atoms with Gasteiger partial charge in [-0.25, -0.2) is 13.2 Å². The van der Waals surface area contributed by atoms with Gasteiger partial charge in [0.05, 0.1) is 12.2 Å². The highest BCUT2D eigenvalue weighted by atomic mass is 79.9. The minimum atomic E-state index is -0.863. The Labute approximate surface area is 140 Å². The van der Waals surface area contributed by atoms with Gasteiger partial charge < -0.3 is 5.32 Å². The van der Waals surface area contributed by atoms with Crippen LogP contribution >= 0.6 is 15.9 Å². The highest BCUT2D eigenvalue weighted by Gasteiger charge is 2.14. The molecule has 122 valence electrons. The second-order valence-electron chi connectivity index (χ2n) is 5.09. The van der Waals surface area contributed by atoms with E-state index >= 15 is 0 Å². The Bertz CT molecular complexity index is 701. The quantitative estimate of drug-likeness (QED) is 0.843. The Balaban J connectivity index is 1.97. The van der Waals surface area contributed by atoms with Crippen LogP contribution in [0.25, 0.3) is 0 Å². The van der Waals surface area contributed by atoms with Crippen molar-refractivity contribution in [3.8, 4) is 0 Å². The number of nitrogens with one attached hydrogen (secondary N) is 1. The minimum Gasteiger partial charge on any atom is -0.322 e. The zero-order valence-electron chi connectivity index (χ0n) is 12.2. The van der Waals surface area contributed by atoms with Gasteiger partial charge in [0.1, 0.15) is 11.6 Å². The molecule has 1 N–H and O–H groups in total. The molecule has 0 radical (unpaired) electrons. The largest absolute Gasteiger partial charge is 0.322 e. The third-order valence-electron chi connectivity index (χ3n) is 3.03. The van der Waals surface area contributed by atoms with Crippen molar-refractivity contribution in [2.24, 2.45) is 0 Å². The number of hydrogen-bond donors (Lipinski definition) is 1. The van der Waals surface area contributed by atoms with Crippen molar-refractivity contribution >= 4 is 27.5 Å². The van der Waals surface area contributed by atoms with Crippen molar-refractivity contribution in [3.05, 3.63) is 63.9 Å². The molecular formula is C16H14BrF3N2O. The molecule has 0 saturated carbocycles. The summed E-state index contributed by atoms with van der Waals surface area (Å²) in [7, 11) is 1.68. The molecule has 0 heterocycles. The molecule has 0 saturated heterocycles. The lowest BCUT2D eigenvalue weighted by molar-refractivity contribution is -0.117. The van der Waals surface area contributed by atoms with Gasteiger partial charge in [-0.2, -0.15) is 0 Å². The van der Waals surface area contributed by atoms with Crippen LogP contribution in [0.4, 0.5) is 18.9 Å². The standard InChI is InChI=1S/C16H14BrF3N2O/c1-22(8-10-3-2-4-11(18)5-10)9-15(23)21-16-13(17)6-12(19)7-14(16)20/h2-7H,8-9H2,1H3,(H,21,23). The third-order valence-corrected chi connectivity index (χ3v) is 3.65. The van der Waals surface area contributed by atoms with Crippen molar-refractivity contribution in [3.63, 3.8) is 0 Å². The molecule has 0 unspecified atom stereocenters. The zero-order chi connectivity index (χ0) is 17.0. The lowest BCUT2D eigenvalue weighted by Gasteiger charge is -2.17. The van der Waals surface area contributed by atoms with Crippen molar-refractivity contribution in [1.29, 1.82) is 0 Å². The number of nitrogens with zero attached hydrogens (tertiary/aromatic N) is 1. The molecule has 7 heteroatoms. The molecule has 2 aromatic rings. The maximum Gasteiger partial charge on any atom is 0.238 e. The van der Waals surface area contributed by atoms with Gasteiger partial charge in [-0.15, -0.1) is 0 Å². The van der Waals surface area contributed by atoms with E-state index in [0.29, 0.717) is 12.6 Å². The summed E-state index contributed by atoms with van der Waals surface area (Å²) in [4.78, 5) is 13.6. The SMILES string of the molecule is CN(CC(=O)Nc1c(F)cc(F)cc1Br)Cc1cccc(F)c1. The molecule has 1 amide bonds. The zero-order valence-corrected chi connectivity index (χ0v) is 13.8. The summed E-state index contributed by atoms with van der Waals surface area (Å²) >= 11 is 3.00. The van der Waals surface area contributed by atoms with Crippen molar-refractivity contribution in [2.75, 3.05) is 18.9 Å². The molecule has 0 aliphatic carbocycles. The number of hydrogen-bond acceptors (Lipinski definition) is 2. The molecule has 0 aliphatic rings. The van der Waals surface area contributed by atoms with Crippen molar-refractivity contribution < 1.29 is 18.0 Å². The number of benzene rings is 2. The predicted octanol–water partition coefficient (Wildman–Crippen LogP) is 3.94. The van der Waals surface area contributed by atoms with Gasteiger partial charge >= 0.3 is 0 Å². The van der Waals surface area contributed by atoms with E-state index in [1.54, 1.807) is 24.1 Å². The number of amides is 1. The normalized spacial score (nSPS) is 10.9. The van der Waals surface area contributed by atoms with Crippen LogP contribution in [0.2, 0.25) is 0 Å². The van der Waals surface area contributed by atoms with E-state index in [-0.39, 0.29) is 22.5 Å². The van der Waals surface area contributed by atoms with Crippen LogP contribution in [0.5, 0.6) is 0 Å². The Morgan fingerprint density at radius 2 is 1.91 bits per heavy atom. The summed E-state index contributed by atoms with van der Waals surface area (Å²) in [6, 6.07) is 7.80. The molecule has 3 nitrogen and oxygen atoms in total. The number of carbonyl (C=O) groups is 1. The average molecular weight is 387 g/mol. The smallest absolute Gasteiger partial charge is 0.238 e. The van der Waals surface area contributed by atoms with Crippen molar-refractivity contribution in [1.82, 2.24) is 4.90 Å². The Morgan fingerprint density at radius 3 is 2.57 bits per heavy atom. The Hall–Kier alpha value is -1.86. The summed E-state index contributed by atoms with van der Waals surface area (Å²) in [5, 5.41) is 2.39. The monoisotopic (exact) mass is 386 g/mol. The molecule has 2 aromatic carbocycles. The maximum absolute atomic E-state index is 13.7. The summed E-state index contributed by atoms with van der Waals surface area (Å²) in [5.74, 6) is -2.42. The fourth-order valence-electron chi connectivity index (χ4n) is 2.09. The van der Waals surface area contributed by atoms with E-state index in [4.69, 9.17) is 0 Å². The predicted molar refractivity (Wildman–Crippen MR) is 85.4 cm³/mol. The van der Waals surface area contributed by atoms with E-state index in [2.05, 4.69) is 21.2 Å². The summed E-state index contributed by atoms with van der Waals surface area (Å²) < 4.78 is 39.9. The molecule has 0 aliphatic heterocycles. The van der Waals surface area contributed by atoms with Gasteiger partial charge in [0, 0.05) is 17.1 Å². The molecule has 0 bridgehead atoms. The van der Waals surface area contributed by atoms with E-state index in [1.807, 2.05) is 0 Å². The Morgan fingerprint density at radius 1 is 1.17 bits per heavy atom. The van der Waals surface area contributed by atoms with E-state index in [0.717, 1.165) is 11.6 Å². The van der Waals surface area contributed by atoms with Crippen LogP contribution in [0, 0.1) is 17.5 Å². The van der Waals surface area contributed by atoms with Gasteiger partial charge in [0.15, 0.2) is 5.82 Å². The second-order valence-corrected chi connectivity index (χ2v) is 5.95. The van der Waals surface area contributed by atoms with Gasteiger partial charge in [-0.1, -0.05) is 12.1 Å². The first-order valence-corrected chi connectivity index (χ1v) is 7.52. The maximum atomic E-state index is 13.7. The summed E-state index contributed by atoms with van der Waals surface area (Å²) in [6.07, 6.45) is 0. The van der Waals surface area contributed by atoms with E-state index in [1.165, 1.54) is 12.1 Å². The third kappa shape index (κ3) is 5.07. The van der Waals surface area contributed by atoms with Gasteiger partial charge in [0.2, 0.25) is 5.91 Å². The molecule has 2 rings (SSSR count). The number of anilines is 1. The fraction of sp³-hybridized carbons (Fsp3) is 0.188. The molecule has 0 aromatic heterocycles. The van der Waals surface area contributed by atoms with Gasteiger partial charge in [-0.3, -0.25) is 9.69 Å². The molecule has 23 heavy (non-hydrogen) atoms.